The van der Waals surface area contributed by atoms with Gasteiger partial charge in [0.2, 0.25) is 0 Å². The molecule has 1 atom stereocenters. The highest BCUT2D eigenvalue weighted by molar-refractivity contribution is 5.26. The third-order valence-corrected chi connectivity index (χ3v) is 3.99. The first kappa shape index (κ1) is 12.4. The summed E-state index contributed by atoms with van der Waals surface area (Å²) in [5.41, 5.74) is 1.11. The van der Waals surface area contributed by atoms with E-state index in [-0.39, 0.29) is 11.9 Å². The Balaban J connectivity index is 1.88. The lowest BCUT2D eigenvalue weighted by Crippen LogP contribution is -2.26. The van der Waals surface area contributed by atoms with Gasteiger partial charge in [-0.1, -0.05) is 31.9 Å². The number of hydrogen-bond acceptors (Lipinski definition) is 2. The van der Waals surface area contributed by atoms with Gasteiger partial charge in [-0.3, -0.25) is 0 Å². The van der Waals surface area contributed by atoms with Gasteiger partial charge in [0.25, 0.3) is 0 Å². The lowest BCUT2D eigenvalue weighted by Gasteiger charge is -2.29. The number of aliphatic hydroxyl groups is 1. The minimum absolute atomic E-state index is 0.230. The van der Waals surface area contributed by atoms with Crippen LogP contribution in [0.15, 0.2) is 24.3 Å². The van der Waals surface area contributed by atoms with Crippen molar-refractivity contribution < 1.29 is 10.2 Å². The van der Waals surface area contributed by atoms with Crippen molar-refractivity contribution in [3.05, 3.63) is 29.8 Å². The van der Waals surface area contributed by atoms with Crippen molar-refractivity contribution in [2.75, 3.05) is 0 Å². The summed E-state index contributed by atoms with van der Waals surface area (Å²) in [6.07, 6.45) is 5.28. The van der Waals surface area contributed by atoms with E-state index in [0.29, 0.717) is 12.3 Å². The van der Waals surface area contributed by atoms with E-state index in [1.807, 2.05) is 12.1 Å². The summed E-state index contributed by atoms with van der Waals surface area (Å²) in [4.78, 5) is 0. The summed E-state index contributed by atoms with van der Waals surface area (Å²) < 4.78 is 0. The van der Waals surface area contributed by atoms with E-state index in [9.17, 15) is 10.2 Å². The van der Waals surface area contributed by atoms with E-state index in [2.05, 4.69) is 6.92 Å². The monoisotopic (exact) mass is 234 g/mol. The zero-order chi connectivity index (χ0) is 12.3. The van der Waals surface area contributed by atoms with E-state index < -0.39 is 0 Å². The Morgan fingerprint density at radius 2 is 1.71 bits per heavy atom. The van der Waals surface area contributed by atoms with Gasteiger partial charge in [0.15, 0.2) is 0 Å². The molecule has 1 aromatic rings. The summed E-state index contributed by atoms with van der Waals surface area (Å²) in [5.74, 6) is 1.57. The van der Waals surface area contributed by atoms with Gasteiger partial charge in [-0.2, -0.15) is 0 Å². The number of aliphatic hydroxyl groups excluding tert-OH is 1. The van der Waals surface area contributed by atoms with Gasteiger partial charge in [0, 0.05) is 0 Å². The lowest BCUT2D eigenvalue weighted by atomic mass is 9.79. The van der Waals surface area contributed by atoms with Gasteiger partial charge >= 0.3 is 0 Å². The number of aromatic hydroxyl groups is 1. The Bertz CT molecular complexity index is 336. The van der Waals surface area contributed by atoms with Gasteiger partial charge in [-0.25, -0.2) is 0 Å². The van der Waals surface area contributed by atoms with E-state index in [4.69, 9.17) is 0 Å². The quantitative estimate of drug-likeness (QED) is 0.843. The average Bonchev–Trinajstić information content (AvgIpc) is 2.33. The fraction of sp³-hybridized carbons (Fsp3) is 0.600. The smallest absolute Gasteiger partial charge is 0.115 e. The second-order valence-electron chi connectivity index (χ2n) is 5.46. The first-order valence-electron chi connectivity index (χ1n) is 6.61. The summed E-state index contributed by atoms with van der Waals surface area (Å²) in [5, 5.41) is 19.4. The molecule has 2 heteroatoms. The third kappa shape index (κ3) is 3.47. The minimum Gasteiger partial charge on any atom is -0.508 e. The average molecular weight is 234 g/mol. The first-order chi connectivity index (χ1) is 8.15. The Labute approximate surface area is 103 Å². The first-order valence-corrected chi connectivity index (χ1v) is 6.61. The molecule has 1 unspecified atom stereocenters. The van der Waals surface area contributed by atoms with Crippen molar-refractivity contribution in [3.63, 3.8) is 0 Å². The molecule has 0 aliphatic heterocycles. The predicted molar refractivity (Wildman–Crippen MR) is 68.9 cm³/mol. The maximum Gasteiger partial charge on any atom is 0.115 e. The van der Waals surface area contributed by atoms with E-state index in [0.717, 1.165) is 24.3 Å². The van der Waals surface area contributed by atoms with Gasteiger partial charge in [-0.05, 0) is 48.8 Å². The van der Waals surface area contributed by atoms with Crippen LogP contribution in [0, 0.1) is 11.8 Å². The largest absolute Gasteiger partial charge is 0.508 e. The van der Waals surface area contributed by atoms with Crippen molar-refractivity contribution in [3.8, 4) is 5.75 Å². The molecule has 2 rings (SSSR count). The molecule has 0 saturated heterocycles. The Kier molecular flexibility index (Phi) is 4.06. The van der Waals surface area contributed by atoms with Crippen LogP contribution >= 0.6 is 0 Å². The lowest BCUT2D eigenvalue weighted by molar-refractivity contribution is 0.0761. The molecular weight excluding hydrogens is 212 g/mol. The topological polar surface area (TPSA) is 40.5 Å². The van der Waals surface area contributed by atoms with Gasteiger partial charge in [-0.15, -0.1) is 0 Å². The maximum atomic E-state index is 10.2. The highest BCUT2D eigenvalue weighted by Gasteiger charge is 2.24. The molecule has 2 N–H and O–H groups in total. The Hall–Kier alpha value is -1.02. The van der Waals surface area contributed by atoms with Crippen LogP contribution in [0.4, 0.5) is 0 Å². The Morgan fingerprint density at radius 1 is 1.12 bits per heavy atom. The highest BCUT2D eigenvalue weighted by atomic mass is 16.3. The van der Waals surface area contributed by atoms with Gasteiger partial charge in [0.05, 0.1) is 6.10 Å². The third-order valence-electron chi connectivity index (χ3n) is 3.99. The molecule has 1 aromatic carbocycles. The van der Waals surface area contributed by atoms with E-state index >= 15 is 0 Å². The zero-order valence-corrected chi connectivity index (χ0v) is 10.5. The summed E-state index contributed by atoms with van der Waals surface area (Å²) in [7, 11) is 0. The van der Waals surface area contributed by atoms with Crippen molar-refractivity contribution in [1.82, 2.24) is 0 Å². The molecule has 0 aromatic heterocycles. The molecule has 94 valence electrons. The molecule has 1 aliphatic carbocycles. The van der Waals surface area contributed by atoms with Crippen molar-refractivity contribution in [2.45, 2.75) is 45.1 Å². The second kappa shape index (κ2) is 5.54. The summed E-state index contributed by atoms with van der Waals surface area (Å²) in [6.45, 7) is 2.29. The molecule has 1 saturated carbocycles. The standard InChI is InChI=1S/C15H22O2/c1-11-2-6-13(7-3-11)15(17)10-12-4-8-14(16)9-5-12/h4-5,8-9,11,13,15-17H,2-3,6-7,10H2,1H3. The summed E-state index contributed by atoms with van der Waals surface area (Å²) >= 11 is 0. The van der Waals surface area contributed by atoms with Crippen LogP contribution in [0.1, 0.15) is 38.2 Å². The fourth-order valence-electron chi connectivity index (χ4n) is 2.71. The fourth-order valence-corrected chi connectivity index (χ4v) is 2.71. The molecule has 0 heterocycles. The molecule has 17 heavy (non-hydrogen) atoms. The van der Waals surface area contributed by atoms with Crippen molar-refractivity contribution in [1.29, 1.82) is 0 Å². The molecule has 0 radical (unpaired) electrons. The van der Waals surface area contributed by atoms with Crippen molar-refractivity contribution >= 4 is 0 Å². The molecular formula is C15H22O2. The van der Waals surface area contributed by atoms with Crippen LogP contribution in [-0.2, 0) is 6.42 Å². The molecule has 1 fully saturated rings. The van der Waals surface area contributed by atoms with Crippen LogP contribution in [0.2, 0.25) is 0 Å². The molecule has 0 spiro atoms. The minimum atomic E-state index is -0.230. The Morgan fingerprint density at radius 3 is 2.29 bits per heavy atom. The van der Waals surface area contributed by atoms with Crippen LogP contribution in [-0.4, -0.2) is 16.3 Å². The van der Waals surface area contributed by atoms with Crippen LogP contribution < -0.4 is 0 Å². The molecule has 1 aliphatic rings. The van der Waals surface area contributed by atoms with Gasteiger partial charge in [0.1, 0.15) is 5.75 Å². The predicted octanol–water partition coefficient (Wildman–Crippen LogP) is 3.12. The number of benzene rings is 1. The number of phenols is 1. The zero-order valence-electron chi connectivity index (χ0n) is 10.5. The summed E-state index contributed by atoms with van der Waals surface area (Å²) in [6, 6.07) is 7.16. The maximum absolute atomic E-state index is 10.2. The van der Waals surface area contributed by atoms with E-state index in [1.54, 1.807) is 12.1 Å². The van der Waals surface area contributed by atoms with Gasteiger partial charge < -0.3 is 10.2 Å². The second-order valence-corrected chi connectivity index (χ2v) is 5.46. The van der Waals surface area contributed by atoms with Crippen LogP contribution in [0.25, 0.3) is 0 Å². The number of hydrogen-bond donors (Lipinski definition) is 2. The van der Waals surface area contributed by atoms with Crippen LogP contribution in [0.3, 0.4) is 0 Å². The van der Waals surface area contributed by atoms with E-state index in [1.165, 1.54) is 12.8 Å². The highest BCUT2D eigenvalue weighted by Crippen LogP contribution is 2.31. The number of rotatable bonds is 3. The molecule has 2 nitrogen and oxygen atoms in total. The normalized spacial score (nSPS) is 26.7. The molecule has 0 amide bonds. The van der Waals surface area contributed by atoms with Crippen molar-refractivity contribution in [2.24, 2.45) is 11.8 Å². The molecule has 0 bridgehead atoms. The van der Waals surface area contributed by atoms with Crippen LogP contribution in [0.5, 0.6) is 5.75 Å². The number of phenolic OH excluding ortho intramolecular Hbond substituents is 1. The SMILES string of the molecule is CC1CCC(C(O)Cc2ccc(O)cc2)CC1.